The highest BCUT2D eigenvalue weighted by Crippen LogP contribution is 2.55. The molecule has 0 aliphatic heterocycles. The molecule has 0 radical (unpaired) electrons. The lowest BCUT2D eigenvalue weighted by atomic mass is 9.97. The maximum Gasteiger partial charge on any atom is 0.0796 e. The standard InChI is InChI=1S/C54H34N2S2/c1-3-18-37(19-4-1)55(47-28-15-27-44-43-26-13-14-29-49(43)57-54(44)47)46-32-33-50-51(45-31-30-35-16-7-10-23-40(35)53(45)58-50)52(46)56(38-20-5-2-6-21-38)48-34-36-17-8-9-22-39(36)41-24-11-12-25-42(41)48/h1-34H. The van der Waals surface area contributed by atoms with Gasteiger partial charge in [-0.05, 0) is 81.5 Å². The van der Waals surface area contributed by atoms with Crippen LogP contribution < -0.4 is 9.80 Å². The molecule has 0 N–H and O–H groups in total. The van der Waals surface area contributed by atoms with E-state index in [9.17, 15) is 0 Å². The third kappa shape index (κ3) is 5.09. The second-order valence-electron chi connectivity index (χ2n) is 14.8. The average molecular weight is 775 g/mol. The zero-order valence-electron chi connectivity index (χ0n) is 31.3. The number of benzene rings is 10. The zero-order valence-corrected chi connectivity index (χ0v) is 33.0. The van der Waals surface area contributed by atoms with Crippen LogP contribution >= 0.6 is 22.7 Å². The Morgan fingerprint density at radius 1 is 0.293 bits per heavy atom. The molecule has 0 amide bonds. The molecule has 0 unspecified atom stereocenters. The Hall–Kier alpha value is -6.98. The van der Waals surface area contributed by atoms with Crippen LogP contribution in [-0.4, -0.2) is 0 Å². The lowest BCUT2D eigenvalue weighted by Gasteiger charge is -2.34. The number of rotatable bonds is 6. The molecule has 0 atom stereocenters. The summed E-state index contributed by atoms with van der Waals surface area (Å²) >= 11 is 3.77. The van der Waals surface area contributed by atoms with Crippen molar-refractivity contribution in [2.45, 2.75) is 0 Å². The Kier molecular flexibility index (Phi) is 7.62. The van der Waals surface area contributed by atoms with Gasteiger partial charge in [0.05, 0.1) is 27.4 Å². The van der Waals surface area contributed by atoms with E-state index in [0.29, 0.717) is 0 Å². The van der Waals surface area contributed by atoms with Crippen LogP contribution in [0.4, 0.5) is 34.1 Å². The second-order valence-corrected chi connectivity index (χ2v) is 16.9. The average Bonchev–Trinajstić information content (AvgIpc) is 3.87. The van der Waals surface area contributed by atoms with E-state index < -0.39 is 0 Å². The summed E-state index contributed by atoms with van der Waals surface area (Å²) in [5, 5.41) is 12.5. The normalized spacial score (nSPS) is 11.8. The molecule has 4 heteroatoms. The van der Waals surface area contributed by atoms with Crippen LogP contribution in [0, 0.1) is 0 Å². The molecule has 0 saturated heterocycles. The highest BCUT2D eigenvalue weighted by Gasteiger charge is 2.29. The first kappa shape index (κ1) is 33.2. The smallest absolute Gasteiger partial charge is 0.0796 e. The van der Waals surface area contributed by atoms with Crippen molar-refractivity contribution in [3.05, 3.63) is 206 Å². The predicted molar refractivity (Wildman–Crippen MR) is 254 cm³/mol. The second kappa shape index (κ2) is 13.3. The van der Waals surface area contributed by atoms with Gasteiger partial charge in [0.25, 0.3) is 0 Å². The number of thiophene rings is 2. The van der Waals surface area contributed by atoms with Gasteiger partial charge in [-0.15, -0.1) is 22.7 Å². The van der Waals surface area contributed by atoms with Crippen LogP contribution in [0.25, 0.3) is 72.7 Å². The predicted octanol–water partition coefficient (Wildman–Crippen LogP) is 16.8. The first-order valence-electron chi connectivity index (χ1n) is 19.7. The van der Waals surface area contributed by atoms with Gasteiger partial charge in [0.1, 0.15) is 0 Å². The monoisotopic (exact) mass is 774 g/mol. The van der Waals surface area contributed by atoms with Crippen LogP contribution in [-0.2, 0) is 0 Å². The molecular formula is C54H34N2S2. The Morgan fingerprint density at radius 3 is 1.69 bits per heavy atom. The Bertz CT molecular complexity index is 3530. The fourth-order valence-corrected chi connectivity index (χ4v) is 11.5. The largest absolute Gasteiger partial charge is 0.307 e. The van der Waals surface area contributed by atoms with E-state index in [4.69, 9.17) is 0 Å². The topological polar surface area (TPSA) is 6.48 Å². The van der Waals surface area contributed by atoms with Crippen LogP contribution in [0.5, 0.6) is 0 Å². The highest BCUT2D eigenvalue weighted by molar-refractivity contribution is 7.27. The molecule has 12 aromatic rings. The molecule has 2 aromatic heterocycles. The van der Waals surface area contributed by atoms with Crippen molar-refractivity contribution >= 4 is 129 Å². The summed E-state index contributed by atoms with van der Waals surface area (Å²) in [7, 11) is 0. The quantitative estimate of drug-likeness (QED) is 0.155. The van der Waals surface area contributed by atoms with Gasteiger partial charge in [0, 0.05) is 52.4 Å². The molecule has 0 fully saturated rings. The minimum absolute atomic E-state index is 1.10. The van der Waals surface area contributed by atoms with Crippen molar-refractivity contribution in [1.29, 1.82) is 0 Å². The van der Waals surface area contributed by atoms with Crippen LogP contribution in [0.3, 0.4) is 0 Å². The van der Waals surface area contributed by atoms with E-state index in [2.05, 4.69) is 216 Å². The van der Waals surface area contributed by atoms with Gasteiger partial charge < -0.3 is 9.80 Å². The molecule has 272 valence electrons. The molecule has 0 spiro atoms. The summed E-state index contributed by atoms with van der Waals surface area (Å²) in [5.41, 5.74) is 6.76. The third-order valence-electron chi connectivity index (χ3n) is 11.6. The molecule has 2 nitrogen and oxygen atoms in total. The van der Waals surface area contributed by atoms with Gasteiger partial charge in [0.2, 0.25) is 0 Å². The van der Waals surface area contributed by atoms with Gasteiger partial charge in [-0.25, -0.2) is 0 Å². The Morgan fingerprint density at radius 2 is 0.897 bits per heavy atom. The van der Waals surface area contributed by atoms with E-state index in [0.717, 1.165) is 34.1 Å². The van der Waals surface area contributed by atoms with E-state index in [1.165, 1.54) is 72.7 Å². The fraction of sp³-hybridized carbons (Fsp3) is 0. The molecular weight excluding hydrogens is 741 g/mol. The van der Waals surface area contributed by atoms with Gasteiger partial charge in [-0.1, -0.05) is 152 Å². The summed E-state index contributed by atoms with van der Waals surface area (Å²) in [4.78, 5) is 5.06. The van der Waals surface area contributed by atoms with Crippen molar-refractivity contribution in [2.24, 2.45) is 0 Å². The first-order chi connectivity index (χ1) is 28.8. The van der Waals surface area contributed by atoms with E-state index in [1.54, 1.807) is 0 Å². The van der Waals surface area contributed by atoms with Gasteiger partial charge >= 0.3 is 0 Å². The summed E-state index contributed by atoms with van der Waals surface area (Å²) < 4.78 is 5.12. The first-order valence-corrected chi connectivity index (χ1v) is 21.3. The number of hydrogen-bond acceptors (Lipinski definition) is 4. The van der Waals surface area contributed by atoms with Crippen LogP contribution in [0.2, 0.25) is 0 Å². The summed E-state index contributed by atoms with van der Waals surface area (Å²) in [6.07, 6.45) is 0. The number of fused-ring (bicyclic) bond motifs is 11. The SMILES string of the molecule is c1ccc(N(c2ccc3sc4c5ccccc5ccc4c3c2N(c2ccccc2)c2cc3ccccc3c3ccccc23)c2cccc3c2sc2ccccc23)cc1. The fourth-order valence-electron chi connectivity index (χ4n) is 9.05. The molecule has 0 aliphatic rings. The molecule has 0 aliphatic carbocycles. The van der Waals surface area contributed by atoms with Crippen molar-refractivity contribution in [3.63, 3.8) is 0 Å². The number of para-hydroxylation sites is 2. The van der Waals surface area contributed by atoms with Crippen molar-refractivity contribution in [2.75, 3.05) is 9.80 Å². The minimum Gasteiger partial charge on any atom is -0.307 e. The summed E-state index contributed by atoms with van der Waals surface area (Å²) in [6, 6.07) is 75.8. The molecule has 12 rings (SSSR count). The molecule has 10 aromatic carbocycles. The van der Waals surface area contributed by atoms with Gasteiger partial charge in [-0.3, -0.25) is 0 Å². The lowest BCUT2D eigenvalue weighted by Crippen LogP contribution is -2.17. The molecule has 0 saturated carbocycles. The number of hydrogen-bond donors (Lipinski definition) is 0. The van der Waals surface area contributed by atoms with E-state index in [-0.39, 0.29) is 0 Å². The molecule has 58 heavy (non-hydrogen) atoms. The molecule has 0 bridgehead atoms. The van der Waals surface area contributed by atoms with Crippen molar-refractivity contribution in [1.82, 2.24) is 0 Å². The van der Waals surface area contributed by atoms with Gasteiger partial charge in [-0.2, -0.15) is 0 Å². The maximum absolute atomic E-state index is 2.55. The van der Waals surface area contributed by atoms with Crippen LogP contribution in [0.1, 0.15) is 0 Å². The van der Waals surface area contributed by atoms with E-state index >= 15 is 0 Å². The van der Waals surface area contributed by atoms with Crippen molar-refractivity contribution in [3.8, 4) is 0 Å². The maximum atomic E-state index is 2.55. The van der Waals surface area contributed by atoms with E-state index in [1.807, 2.05) is 22.7 Å². The zero-order chi connectivity index (χ0) is 38.2. The summed E-state index contributed by atoms with van der Waals surface area (Å²) in [5.74, 6) is 0. The third-order valence-corrected chi connectivity index (χ3v) is 14.0. The summed E-state index contributed by atoms with van der Waals surface area (Å²) in [6.45, 7) is 0. The molecule has 2 heterocycles. The lowest BCUT2D eigenvalue weighted by molar-refractivity contribution is 1.25. The Balaban J connectivity index is 1.28. The Labute approximate surface area is 343 Å². The highest BCUT2D eigenvalue weighted by atomic mass is 32.1. The number of nitrogens with zero attached hydrogens (tertiary/aromatic N) is 2. The van der Waals surface area contributed by atoms with Gasteiger partial charge in [0.15, 0.2) is 0 Å². The number of anilines is 6. The van der Waals surface area contributed by atoms with Crippen LogP contribution in [0.15, 0.2) is 206 Å². The van der Waals surface area contributed by atoms with Crippen molar-refractivity contribution < 1.29 is 0 Å². The minimum atomic E-state index is 1.10.